The van der Waals surface area contributed by atoms with Crippen molar-refractivity contribution in [2.75, 3.05) is 40.3 Å². The smallest absolute Gasteiger partial charge is 0.0145 e. The van der Waals surface area contributed by atoms with Gasteiger partial charge in [-0.25, -0.2) is 0 Å². The molecule has 0 aromatic rings. The summed E-state index contributed by atoms with van der Waals surface area (Å²) < 4.78 is 0. The number of hydrogen-bond donors (Lipinski definition) is 1. The minimum Gasteiger partial charge on any atom is -0.317 e. The highest BCUT2D eigenvalue weighted by Crippen LogP contribution is 2.31. The fraction of sp³-hybridized carbons (Fsp3) is 1.00. The van der Waals surface area contributed by atoms with Crippen LogP contribution in [-0.4, -0.2) is 62.2 Å². The second-order valence-corrected chi connectivity index (χ2v) is 7.79. The van der Waals surface area contributed by atoms with E-state index in [1.54, 1.807) is 0 Å². The van der Waals surface area contributed by atoms with Crippen LogP contribution in [-0.2, 0) is 0 Å². The zero-order valence-electron chi connectivity index (χ0n) is 14.2. The van der Waals surface area contributed by atoms with Crippen molar-refractivity contribution in [3.63, 3.8) is 0 Å². The van der Waals surface area contributed by atoms with Crippen LogP contribution in [0.25, 0.3) is 0 Å². The standard InChI is InChI=1S/C18H35N3/c1-19-17-9-5-3-4-7-15(17)13-21-12-10-18-16(14-21)8-6-11-20(18)2/h15-19H,3-14H2,1-2H3. The summed E-state index contributed by atoms with van der Waals surface area (Å²) in [6.07, 6.45) is 11.4. The summed E-state index contributed by atoms with van der Waals surface area (Å²) in [5.41, 5.74) is 0. The number of rotatable bonds is 3. The van der Waals surface area contributed by atoms with E-state index in [2.05, 4.69) is 29.2 Å². The molecule has 2 aliphatic heterocycles. The molecule has 21 heavy (non-hydrogen) atoms. The lowest BCUT2D eigenvalue weighted by atomic mass is 9.83. The van der Waals surface area contributed by atoms with Crippen LogP contribution in [0.5, 0.6) is 0 Å². The van der Waals surface area contributed by atoms with Crippen molar-refractivity contribution >= 4 is 0 Å². The van der Waals surface area contributed by atoms with E-state index < -0.39 is 0 Å². The van der Waals surface area contributed by atoms with Gasteiger partial charge in [-0.05, 0) is 71.1 Å². The number of hydrogen-bond acceptors (Lipinski definition) is 3. The van der Waals surface area contributed by atoms with Gasteiger partial charge in [-0.1, -0.05) is 19.3 Å². The van der Waals surface area contributed by atoms with E-state index in [-0.39, 0.29) is 0 Å². The van der Waals surface area contributed by atoms with E-state index >= 15 is 0 Å². The van der Waals surface area contributed by atoms with Gasteiger partial charge in [-0.15, -0.1) is 0 Å². The molecule has 0 radical (unpaired) electrons. The van der Waals surface area contributed by atoms with Crippen LogP contribution in [0.4, 0.5) is 0 Å². The quantitative estimate of drug-likeness (QED) is 0.807. The molecule has 122 valence electrons. The zero-order chi connectivity index (χ0) is 14.7. The fourth-order valence-electron chi connectivity index (χ4n) is 5.21. The Labute approximate surface area is 131 Å². The Morgan fingerprint density at radius 3 is 2.67 bits per heavy atom. The molecule has 0 amide bonds. The SMILES string of the molecule is CNC1CCCCCC1CN1CCC2C(CCCN2C)C1. The summed E-state index contributed by atoms with van der Waals surface area (Å²) in [6, 6.07) is 1.64. The van der Waals surface area contributed by atoms with Crippen molar-refractivity contribution in [1.82, 2.24) is 15.1 Å². The van der Waals surface area contributed by atoms with E-state index in [1.165, 1.54) is 77.5 Å². The van der Waals surface area contributed by atoms with Gasteiger partial charge in [0.2, 0.25) is 0 Å². The summed E-state index contributed by atoms with van der Waals surface area (Å²) in [5.74, 6) is 1.83. The van der Waals surface area contributed by atoms with Crippen molar-refractivity contribution in [1.29, 1.82) is 0 Å². The number of likely N-dealkylation sites (tertiary alicyclic amines) is 2. The fourth-order valence-corrected chi connectivity index (χ4v) is 5.21. The van der Waals surface area contributed by atoms with Crippen LogP contribution in [0, 0.1) is 11.8 Å². The molecule has 3 fully saturated rings. The lowest BCUT2D eigenvalue weighted by molar-refractivity contribution is 0.0294. The van der Waals surface area contributed by atoms with Gasteiger partial charge in [-0.3, -0.25) is 0 Å². The molecular weight excluding hydrogens is 258 g/mol. The third kappa shape index (κ3) is 3.80. The molecular formula is C18H35N3. The molecule has 1 saturated carbocycles. The van der Waals surface area contributed by atoms with Crippen molar-refractivity contribution in [2.24, 2.45) is 11.8 Å². The van der Waals surface area contributed by atoms with Gasteiger partial charge in [0.25, 0.3) is 0 Å². The second-order valence-electron chi connectivity index (χ2n) is 7.79. The molecule has 3 rings (SSSR count). The Balaban J connectivity index is 1.55. The maximum absolute atomic E-state index is 3.61. The summed E-state index contributed by atoms with van der Waals surface area (Å²) in [5, 5.41) is 3.61. The average molecular weight is 293 g/mol. The normalized spacial score (nSPS) is 39.7. The molecule has 3 aliphatic rings. The third-order valence-electron chi connectivity index (χ3n) is 6.45. The van der Waals surface area contributed by atoms with E-state index in [4.69, 9.17) is 0 Å². The van der Waals surface area contributed by atoms with Gasteiger partial charge in [0, 0.05) is 25.2 Å². The van der Waals surface area contributed by atoms with Gasteiger partial charge >= 0.3 is 0 Å². The van der Waals surface area contributed by atoms with Gasteiger partial charge in [0.1, 0.15) is 0 Å². The minimum atomic E-state index is 0.763. The molecule has 1 N–H and O–H groups in total. The summed E-state index contributed by atoms with van der Waals surface area (Å²) in [4.78, 5) is 5.44. The van der Waals surface area contributed by atoms with E-state index in [0.717, 1.165) is 23.9 Å². The van der Waals surface area contributed by atoms with Crippen LogP contribution in [0.1, 0.15) is 51.4 Å². The van der Waals surface area contributed by atoms with Crippen LogP contribution < -0.4 is 5.32 Å². The Bertz CT molecular complexity index is 320. The van der Waals surface area contributed by atoms with Crippen molar-refractivity contribution in [3.8, 4) is 0 Å². The first kappa shape index (κ1) is 15.8. The maximum atomic E-state index is 3.61. The first-order chi connectivity index (χ1) is 10.3. The summed E-state index contributed by atoms with van der Waals surface area (Å²) in [6.45, 7) is 5.37. The lowest BCUT2D eigenvalue weighted by Crippen LogP contribution is -2.54. The Kier molecular flexibility index (Phi) is 5.58. The van der Waals surface area contributed by atoms with Gasteiger partial charge in [0.15, 0.2) is 0 Å². The maximum Gasteiger partial charge on any atom is 0.0145 e. The first-order valence-electron chi connectivity index (χ1n) is 9.38. The highest BCUT2D eigenvalue weighted by atomic mass is 15.2. The summed E-state index contributed by atoms with van der Waals surface area (Å²) in [7, 11) is 4.51. The van der Waals surface area contributed by atoms with Gasteiger partial charge in [-0.2, -0.15) is 0 Å². The average Bonchev–Trinajstić information content (AvgIpc) is 2.72. The Hall–Kier alpha value is -0.120. The molecule has 0 aromatic carbocycles. The highest BCUT2D eigenvalue weighted by Gasteiger charge is 2.35. The lowest BCUT2D eigenvalue weighted by Gasteiger charge is -2.47. The first-order valence-corrected chi connectivity index (χ1v) is 9.38. The van der Waals surface area contributed by atoms with Gasteiger partial charge in [0.05, 0.1) is 0 Å². The molecule has 4 atom stereocenters. The number of fused-ring (bicyclic) bond motifs is 1. The highest BCUT2D eigenvalue weighted by molar-refractivity contribution is 4.91. The number of nitrogens with one attached hydrogen (secondary N) is 1. The molecule has 0 spiro atoms. The van der Waals surface area contributed by atoms with Crippen LogP contribution in [0.3, 0.4) is 0 Å². The Morgan fingerprint density at radius 1 is 0.952 bits per heavy atom. The van der Waals surface area contributed by atoms with E-state index in [9.17, 15) is 0 Å². The van der Waals surface area contributed by atoms with Gasteiger partial charge < -0.3 is 15.1 Å². The number of nitrogens with zero attached hydrogens (tertiary/aromatic N) is 2. The predicted molar refractivity (Wildman–Crippen MR) is 89.6 cm³/mol. The van der Waals surface area contributed by atoms with Crippen molar-refractivity contribution in [2.45, 2.75) is 63.5 Å². The molecule has 0 aromatic heterocycles. The molecule has 3 heteroatoms. The molecule has 0 bridgehead atoms. The monoisotopic (exact) mass is 293 g/mol. The molecule has 2 heterocycles. The predicted octanol–water partition coefficient (Wildman–Crippen LogP) is 2.57. The Morgan fingerprint density at radius 2 is 1.81 bits per heavy atom. The van der Waals surface area contributed by atoms with Crippen molar-refractivity contribution < 1.29 is 0 Å². The molecule has 2 saturated heterocycles. The molecule has 1 aliphatic carbocycles. The van der Waals surface area contributed by atoms with Crippen LogP contribution >= 0.6 is 0 Å². The third-order valence-corrected chi connectivity index (χ3v) is 6.45. The molecule has 4 unspecified atom stereocenters. The van der Waals surface area contributed by atoms with Crippen LogP contribution in [0.15, 0.2) is 0 Å². The van der Waals surface area contributed by atoms with E-state index in [1.807, 2.05) is 0 Å². The second kappa shape index (κ2) is 7.43. The minimum absolute atomic E-state index is 0.763. The zero-order valence-corrected chi connectivity index (χ0v) is 14.2. The molecule has 3 nitrogen and oxygen atoms in total. The summed E-state index contributed by atoms with van der Waals surface area (Å²) >= 11 is 0. The topological polar surface area (TPSA) is 18.5 Å². The number of piperidine rings is 2. The van der Waals surface area contributed by atoms with E-state index in [0.29, 0.717) is 0 Å². The van der Waals surface area contributed by atoms with Crippen molar-refractivity contribution in [3.05, 3.63) is 0 Å². The van der Waals surface area contributed by atoms with Crippen LogP contribution in [0.2, 0.25) is 0 Å². The largest absolute Gasteiger partial charge is 0.317 e.